The summed E-state index contributed by atoms with van der Waals surface area (Å²) < 4.78 is 0. The van der Waals surface area contributed by atoms with Gasteiger partial charge >= 0.3 is 0 Å². The van der Waals surface area contributed by atoms with E-state index in [0.29, 0.717) is 15.7 Å². The van der Waals surface area contributed by atoms with E-state index in [-0.39, 0.29) is 17.2 Å². The zero-order valence-electron chi connectivity index (χ0n) is 16.9. The Morgan fingerprint density at radius 3 is 2.37 bits per heavy atom. The van der Waals surface area contributed by atoms with Crippen LogP contribution in [-0.2, 0) is 10.2 Å². The molecule has 0 radical (unpaired) electrons. The molecule has 1 heterocycles. The van der Waals surface area contributed by atoms with Crippen molar-refractivity contribution in [2.45, 2.75) is 56.9 Å². The van der Waals surface area contributed by atoms with Crippen LogP contribution in [0.3, 0.4) is 0 Å². The van der Waals surface area contributed by atoms with Crippen LogP contribution in [0, 0.1) is 17.8 Å². The summed E-state index contributed by atoms with van der Waals surface area (Å²) in [6.45, 7) is 1.64. The van der Waals surface area contributed by atoms with Gasteiger partial charge in [-0.1, -0.05) is 35.1 Å². The molecule has 4 saturated carbocycles. The normalized spacial score (nSPS) is 30.1. The van der Waals surface area contributed by atoms with Crippen LogP contribution in [0.4, 0.5) is 5.13 Å². The zero-order chi connectivity index (χ0) is 20.9. The number of nitrogens with one attached hydrogen (secondary N) is 2. The molecule has 6 rings (SSSR count). The van der Waals surface area contributed by atoms with E-state index in [1.165, 1.54) is 49.9 Å². The van der Waals surface area contributed by atoms with Crippen LogP contribution in [0.5, 0.6) is 0 Å². The van der Waals surface area contributed by atoms with Gasteiger partial charge in [-0.2, -0.15) is 0 Å². The van der Waals surface area contributed by atoms with E-state index in [1.807, 2.05) is 0 Å². The van der Waals surface area contributed by atoms with E-state index in [9.17, 15) is 9.59 Å². The highest BCUT2D eigenvalue weighted by Gasteiger charge is 2.53. The number of rotatable bonds is 5. The van der Waals surface area contributed by atoms with Gasteiger partial charge in [0.1, 0.15) is 11.0 Å². The molecule has 0 aliphatic heterocycles. The van der Waals surface area contributed by atoms with Gasteiger partial charge in [0.05, 0.1) is 10.6 Å². The van der Waals surface area contributed by atoms with Crippen molar-refractivity contribution >= 4 is 39.9 Å². The standard InChI is InChI=1S/C22H25ClN4O2S/c1-12(24-19(29)16-4-2-3-5-17(16)23)18(28)25-21-27-26-20(30-21)22-9-13-6-14(10-22)8-15(7-13)11-22/h2-5,12-15H,6-11H2,1H3,(H,24,29)(H,25,27,28). The molecule has 1 aromatic carbocycles. The maximum Gasteiger partial charge on any atom is 0.253 e. The Bertz CT molecular complexity index is 956. The summed E-state index contributed by atoms with van der Waals surface area (Å²) in [6.07, 6.45) is 7.78. The molecule has 2 N–H and O–H groups in total. The van der Waals surface area contributed by atoms with Gasteiger partial charge in [-0.15, -0.1) is 10.2 Å². The summed E-state index contributed by atoms with van der Waals surface area (Å²) in [5.41, 5.74) is 0.512. The Labute approximate surface area is 184 Å². The molecule has 1 aromatic heterocycles. The van der Waals surface area contributed by atoms with E-state index >= 15 is 0 Å². The predicted octanol–water partition coefficient (Wildman–Crippen LogP) is 4.42. The third kappa shape index (κ3) is 3.62. The van der Waals surface area contributed by atoms with Crippen LogP contribution in [0.2, 0.25) is 5.02 Å². The summed E-state index contributed by atoms with van der Waals surface area (Å²) in [5, 5.41) is 16.2. The van der Waals surface area contributed by atoms with E-state index in [0.717, 1.165) is 22.8 Å². The minimum absolute atomic E-state index is 0.166. The number of hydrogen-bond donors (Lipinski definition) is 2. The second-order valence-corrected chi connectivity index (χ2v) is 10.7. The summed E-state index contributed by atoms with van der Waals surface area (Å²) in [7, 11) is 0. The molecule has 4 bridgehead atoms. The van der Waals surface area contributed by atoms with Crippen LogP contribution in [0.25, 0.3) is 0 Å². The van der Waals surface area contributed by atoms with Crippen molar-refractivity contribution in [1.29, 1.82) is 0 Å². The molecule has 8 heteroatoms. The fourth-order valence-electron chi connectivity index (χ4n) is 6.06. The topological polar surface area (TPSA) is 84.0 Å². The fourth-order valence-corrected chi connectivity index (χ4v) is 7.25. The van der Waals surface area contributed by atoms with Crippen LogP contribution in [0.15, 0.2) is 24.3 Å². The predicted molar refractivity (Wildman–Crippen MR) is 117 cm³/mol. The van der Waals surface area contributed by atoms with Crippen LogP contribution in [-0.4, -0.2) is 28.1 Å². The highest BCUT2D eigenvalue weighted by atomic mass is 35.5. The Morgan fingerprint density at radius 1 is 1.10 bits per heavy atom. The van der Waals surface area contributed by atoms with E-state index in [2.05, 4.69) is 20.8 Å². The number of carbonyl (C=O) groups is 2. The molecule has 0 saturated heterocycles. The minimum atomic E-state index is -0.722. The van der Waals surface area contributed by atoms with Crippen molar-refractivity contribution in [3.05, 3.63) is 39.9 Å². The van der Waals surface area contributed by atoms with Crippen LogP contribution < -0.4 is 10.6 Å². The van der Waals surface area contributed by atoms with Crippen LogP contribution in [0.1, 0.15) is 60.8 Å². The second kappa shape index (κ2) is 7.61. The van der Waals surface area contributed by atoms with Crippen molar-refractivity contribution in [2.75, 3.05) is 5.32 Å². The quantitative estimate of drug-likeness (QED) is 0.715. The Kier molecular flexibility index (Phi) is 5.06. The number of aromatic nitrogens is 2. The molecule has 2 amide bonds. The van der Waals surface area contributed by atoms with Crippen molar-refractivity contribution in [3.8, 4) is 0 Å². The lowest BCUT2D eigenvalue weighted by atomic mass is 9.50. The first-order valence-electron chi connectivity index (χ1n) is 10.6. The summed E-state index contributed by atoms with van der Waals surface area (Å²) in [6, 6.07) is 6.05. The number of anilines is 1. The number of nitrogens with zero attached hydrogens (tertiary/aromatic N) is 2. The first-order valence-corrected chi connectivity index (χ1v) is 11.8. The molecule has 1 unspecified atom stereocenters. The molecule has 158 valence electrons. The van der Waals surface area contributed by atoms with Crippen molar-refractivity contribution < 1.29 is 9.59 Å². The summed E-state index contributed by atoms with van der Waals surface area (Å²) in [5.74, 6) is 1.80. The maximum atomic E-state index is 12.6. The number of hydrogen-bond acceptors (Lipinski definition) is 5. The SMILES string of the molecule is CC(NC(=O)c1ccccc1Cl)C(=O)Nc1nnc(C23CC4CC(CC(C4)C2)C3)s1. The molecule has 1 atom stereocenters. The molecule has 6 nitrogen and oxygen atoms in total. The number of amides is 2. The van der Waals surface area contributed by atoms with E-state index in [1.54, 1.807) is 31.2 Å². The fraction of sp³-hybridized carbons (Fsp3) is 0.545. The van der Waals surface area contributed by atoms with Gasteiger partial charge in [0.2, 0.25) is 11.0 Å². The Balaban J connectivity index is 1.24. The zero-order valence-corrected chi connectivity index (χ0v) is 18.4. The Morgan fingerprint density at radius 2 is 1.73 bits per heavy atom. The third-order valence-electron chi connectivity index (χ3n) is 7.01. The molecule has 4 fully saturated rings. The van der Waals surface area contributed by atoms with Gasteiger partial charge in [-0.3, -0.25) is 14.9 Å². The lowest BCUT2D eigenvalue weighted by Crippen LogP contribution is -2.48. The smallest absolute Gasteiger partial charge is 0.253 e. The first-order chi connectivity index (χ1) is 14.4. The molecule has 2 aromatic rings. The molecule has 4 aliphatic rings. The lowest BCUT2D eigenvalue weighted by molar-refractivity contribution is -0.117. The second-order valence-electron chi connectivity index (χ2n) is 9.27. The van der Waals surface area contributed by atoms with Gasteiger partial charge in [-0.25, -0.2) is 0 Å². The van der Waals surface area contributed by atoms with Gasteiger partial charge in [0, 0.05) is 5.41 Å². The number of benzene rings is 1. The van der Waals surface area contributed by atoms with E-state index in [4.69, 9.17) is 11.6 Å². The van der Waals surface area contributed by atoms with Crippen molar-refractivity contribution in [1.82, 2.24) is 15.5 Å². The van der Waals surface area contributed by atoms with Gasteiger partial charge < -0.3 is 5.32 Å². The molecule has 4 aliphatic carbocycles. The highest BCUT2D eigenvalue weighted by molar-refractivity contribution is 7.15. The first kappa shape index (κ1) is 19.9. The largest absolute Gasteiger partial charge is 0.340 e. The van der Waals surface area contributed by atoms with Crippen molar-refractivity contribution in [3.63, 3.8) is 0 Å². The number of halogens is 1. The average Bonchev–Trinajstić information content (AvgIpc) is 3.16. The van der Waals surface area contributed by atoms with Crippen LogP contribution >= 0.6 is 22.9 Å². The number of carbonyl (C=O) groups excluding carboxylic acids is 2. The molecule has 0 spiro atoms. The van der Waals surface area contributed by atoms with Crippen molar-refractivity contribution in [2.24, 2.45) is 17.8 Å². The molecule has 30 heavy (non-hydrogen) atoms. The maximum absolute atomic E-state index is 12.6. The van der Waals surface area contributed by atoms with Gasteiger partial charge in [0.25, 0.3) is 5.91 Å². The third-order valence-corrected chi connectivity index (χ3v) is 8.42. The van der Waals surface area contributed by atoms with Gasteiger partial charge in [0.15, 0.2) is 0 Å². The minimum Gasteiger partial charge on any atom is -0.340 e. The van der Waals surface area contributed by atoms with E-state index < -0.39 is 6.04 Å². The monoisotopic (exact) mass is 444 g/mol. The summed E-state index contributed by atoms with van der Waals surface area (Å²) >= 11 is 7.56. The average molecular weight is 445 g/mol. The lowest BCUT2D eigenvalue weighted by Gasteiger charge is -2.55. The highest BCUT2D eigenvalue weighted by Crippen LogP contribution is 2.61. The van der Waals surface area contributed by atoms with Gasteiger partial charge in [-0.05, 0) is 75.3 Å². The summed E-state index contributed by atoms with van der Waals surface area (Å²) in [4.78, 5) is 25.0. The molecular weight excluding hydrogens is 420 g/mol. The Hall–Kier alpha value is -1.99. The molecular formula is C22H25ClN4O2S.